The van der Waals surface area contributed by atoms with E-state index in [9.17, 15) is 9.59 Å². The van der Waals surface area contributed by atoms with E-state index >= 15 is 0 Å². The van der Waals surface area contributed by atoms with Gasteiger partial charge in [-0.05, 0) is 17.7 Å². The van der Waals surface area contributed by atoms with Gasteiger partial charge in [0.2, 0.25) is 5.91 Å². The van der Waals surface area contributed by atoms with Gasteiger partial charge in [0.05, 0.1) is 26.5 Å². The van der Waals surface area contributed by atoms with Crippen molar-refractivity contribution < 1.29 is 23.8 Å². The lowest BCUT2D eigenvalue weighted by molar-refractivity contribution is -0.156. The third kappa shape index (κ3) is 3.29. The number of fused-ring (bicyclic) bond motifs is 1. The summed E-state index contributed by atoms with van der Waals surface area (Å²) in [5.41, 5.74) is 2.77. The van der Waals surface area contributed by atoms with Crippen LogP contribution in [0.15, 0.2) is 24.4 Å². The zero-order chi connectivity index (χ0) is 19.7. The number of aromatic nitrogens is 2. The summed E-state index contributed by atoms with van der Waals surface area (Å²) in [6, 6.07) is 4.68. The Hall–Kier alpha value is -3.07. The van der Waals surface area contributed by atoms with E-state index in [1.165, 1.54) is 7.11 Å². The van der Waals surface area contributed by atoms with E-state index in [4.69, 9.17) is 14.2 Å². The zero-order valence-electron chi connectivity index (χ0n) is 15.7. The molecular formula is C19H22N4O5. The second kappa shape index (κ2) is 7.51. The number of nitrogens with zero attached hydrogens (tertiary/aromatic N) is 2. The average Bonchev–Trinajstić information content (AvgIpc) is 3.20. The number of amides is 2. The molecule has 2 aromatic rings. The molecule has 0 bridgehead atoms. The number of rotatable bonds is 4. The van der Waals surface area contributed by atoms with Gasteiger partial charge in [0.25, 0.3) is 5.91 Å². The van der Waals surface area contributed by atoms with Crippen LogP contribution in [0.3, 0.4) is 0 Å². The fraction of sp³-hybridized carbons (Fsp3) is 0.421. The molecule has 4 rings (SSSR count). The van der Waals surface area contributed by atoms with E-state index in [0.29, 0.717) is 36.6 Å². The summed E-state index contributed by atoms with van der Waals surface area (Å²) in [4.78, 5) is 26.9. The average molecular weight is 386 g/mol. The van der Waals surface area contributed by atoms with Crippen molar-refractivity contribution in [3.05, 3.63) is 41.2 Å². The van der Waals surface area contributed by atoms with Crippen LogP contribution in [0, 0.1) is 0 Å². The monoisotopic (exact) mass is 386 g/mol. The Bertz CT molecular complexity index is 896. The number of carbonyl (C=O) groups is 2. The first kappa shape index (κ1) is 18.3. The van der Waals surface area contributed by atoms with Crippen molar-refractivity contribution in [3.8, 4) is 11.5 Å². The van der Waals surface area contributed by atoms with Crippen molar-refractivity contribution in [1.82, 2.24) is 20.4 Å². The molecule has 2 N–H and O–H groups in total. The lowest BCUT2D eigenvalue weighted by atomic mass is 9.97. The highest BCUT2D eigenvalue weighted by atomic mass is 16.5. The number of hydrogen-bond acceptors (Lipinski definition) is 6. The van der Waals surface area contributed by atoms with Crippen LogP contribution in [-0.4, -0.2) is 60.4 Å². The van der Waals surface area contributed by atoms with Gasteiger partial charge in [-0.3, -0.25) is 14.7 Å². The van der Waals surface area contributed by atoms with E-state index in [-0.39, 0.29) is 18.4 Å². The minimum Gasteiger partial charge on any atom is -0.493 e. The third-order valence-electron chi connectivity index (χ3n) is 5.14. The summed E-state index contributed by atoms with van der Waals surface area (Å²) in [6.45, 7) is 0.891. The number of ether oxygens (including phenoxy) is 3. The molecule has 1 aromatic carbocycles. The number of H-pyrrole nitrogens is 1. The molecule has 2 amide bonds. The SMILES string of the molecule is COc1ccc(C2NC(=O)COC2C(=O)N2CCc3[nH]ncc3C2)cc1OC. The first-order valence-corrected chi connectivity index (χ1v) is 9.03. The topological polar surface area (TPSA) is 106 Å². The number of hydrogen-bond donors (Lipinski definition) is 2. The van der Waals surface area contributed by atoms with Crippen molar-refractivity contribution in [1.29, 1.82) is 0 Å². The van der Waals surface area contributed by atoms with Gasteiger partial charge in [-0.25, -0.2) is 0 Å². The van der Waals surface area contributed by atoms with Gasteiger partial charge in [-0.15, -0.1) is 0 Å². The predicted octanol–water partition coefficient (Wildman–Crippen LogP) is 0.568. The van der Waals surface area contributed by atoms with Crippen LogP contribution in [0.25, 0.3) is 0 Å². The highest BCUT2D eigenvalue weighted by molar-refractivity contribution is 5.86. The van der Waals surface area contributed by atoms with Gasteiger partial charge in [0.15, 0.2) is 17.6 Å². The number of nitrogens with one attached hydrogen (secondary N) is 2. The predicted molar refractivity (Wildman–Crippen MR) is 97.9 cm³/mol. The van der Waals surface area contributed by atoms with Gasteiger partial charge in [-0.1, -0.05) is 6.07 Å². The van der Waals surface area contributed by atoms with Crippen molar-refractivity contribution >= 4 is 11.8 Å². The molecule has 2 atom stereocenters. The van der Waals surface area contributed by atoms with Crippen LogP contribution in [0.1, 0.15) is 22.9 Å². The zero-order valence-corrected chi connectivity index (χ0v) is 15.7. The maximum absolute atomic E-state index is 13.2. The van der Waals surface area contributed by atoms with Gasteiger partial charge in [0, 0.05) is 30.8 Å². The molecule has 0 spiro atoms. The molecule has 2 aliphatic rings. The molecule has 2 aliphatic heterocycles. The minimum atomic E-state index is -0.816. The molecule has 0 saturated carbocycles. The maximum Gasteiger partial charge on any atom is 0.254 e. The van der Waals surface area contributed by atoms with Gasteiger partial charge in [0.1, 0.15) is 6.61 Å². The molecule has 1 saturated heterocycles. The first-order valence-electron chi connectivity index (χ1n) is 9.03. The Labute approximate surface area is 161 Å². The quantitative estimate of drug-likeness (QED) is 0.796. The van der Waals surface area contributed by atoms with E-state index < -0.39 is 12.1 Å². The first-order chi connectivity index (χ1) is 13.6. The van der Waals surface area contributed by atoms with E-state index in [0.717, 1.165) is 11.3 Å². The Morgan fingerprint density at radius 3 is 2.89 bits per heavy atom. The van der Waals surface area contributed by atoms with Crippen molar-refractivity contribution in [3.63, 3.8) is 0 Å². The highest BCUT2D eigenvalue weighted by Crippen LogP contribution is 2.33. The molecule has 0 radical (unpaired) electrons. The van der Waals surface area contributed by atoms with Gasteiger partial charge < -0.3 is 24.4 Å². The maximum atomic E-state index is 13.2. The summed E-state index contributed by atoms with van der Waals surface area (Å²) in [5, 5.41) is 9.88. The smallest absolute Gasteiger partial charge is 0.254 e. The third-order valence-corrected chi connectivity index (χ3v) is 5.14. The standard InChI is InChI=1S/C19H22N4O5/c1-26-14-4-3-11(7-15(14)27-2)17-18(28-10-16(24)21-17)19(25)23-6-5-13-12(9-23)8-20-22-13/h3-4,7-8,17-18H,5-6,9-10H2,1-2H3,(H,20,22)(H,21,24). The number of methoxy groups -OCH3 is 2. The molecule has 9 heteroatoms. The number of morpholine rings is 1. The van der Waals surface area contributed by atoms with Crippen molar-refractivity contribution in [2.24, 2.45) is 0 Å². The normalized spacial score (nSPS) is 21.6. The Balaban J connectivity index is 1.60. The second-order valence-electron chi connectivity index (χ2n) is 6.77. The number of aromatic amines is 1. The Morgan fingerprint density at radius 2 is 2.11 bits per heavy atom. The largest absolute Gasteiger partial charge is 0.493 e. The molecule has 148 valence electrons. The Kier molecular flexibility index (Phi) is 4.91. The summed E-state index contributed by atoms with van der Waals surface area (Å²) < 4.78 is 16.3. The molecule has 0 aliphatic carbocycles. The highest BCUT2D eigenvalue weighted by Gasteiger charge is 2.39. The molecule has 1 fully saturated rings. The summed E-state index contributed by atoms with van der Waals surface area (Å²) in [7, 11) is 3.09. The van der Waals surface area contributed by atoms with E-state index in [1.54, 1.807) is 36.4 Å². The molecular weight excluding hydrogens is 364 g/mol. The molecule has 9 nitrogen and oxygen atoms in total. The number of carbonyl (C=O) groups excluding carboxylic acids is 2. The van der Waals surface area contributed by atoms with E-state index in [1.807, 2.05) is 0 Å². The van der Waals surface area contributed by atoms with Gasteiger partial charge in [-0.2, -0.15) is 5.10 Å². The summed E-state index contributed by atoms with van der Waals surface area (Å²) >= 11 is 0. The van der Waals surface area contributed by atoms with Crippen LogP contribution in [-0.2, 0) is 27.3 Å². The molecule has 1 aromatic heterocycles. The van der Waals surface area contributed by atoms with Crippen LogP contribution in [0.4, 0.5) is 0 Å². The summed E-state index contributed by atoms with van der Waals surface area (Å²) in [6.07, 6.45) is 1.63. The van der Waals surface area contributed by atoms with Crippen molar-refractivity contribution in [2.45, 2.75) is 25.1 Å². The molecule has 2 unspecified atom stereocenters. The van der Waals surface area contributed by atoms with E-state index in [2.05, 4.69) is 15.5 Å². The number of benzene rings is 1. The van der Waals surface area contributed by atoms with Crippen LogP contribution < -0.4 is 14.8 Å². The van der Waals surface area contributed by atoms with Gasteiger partial charge >= 0.3 is 0 Å². The second-order valence-corrected chi connectivity index (χ2v) is 6.77. The minimum absolute atomic E-state index is 0.148. The Morgan fingerprint density at radius 1 is 1.29 bits per heavy atom. The molecule has 3 heterocycles. The van der Waals surface area contributed by atoms with Crippen LogP contribution in [0.2, 0.25) is 0 Å². The van der Waals surface area contributed by atoms with Crippen LogP contribution in [0.5, 0.6) is 11.5 Å². The lowest BCUT2D eigenvalue weighted by Crippen LogP contribution is -2.54. The lowest BCUT2D eigenvalue weighted by Gasteiger charge is -2.36. The van der Waals surface area contributed by atoms with Crippen LogP contribution >= 0.6 is 0 Å². The van der Waals surface area contributed by atoms with Crippen molar-refractivity contribution in [2.75, 3.05) is 27.4 Å². The fourth-order valence-corrected chi connectivity index (χ4v) is 3.66. The fourth-order valence-electron chi connectivity index (χ4n) is 3.66. The molecule has 28 heavy (non-hydrogen) atoms. The summed E-state index contributed by atoms with van der Waals surface area (Å²) in [5.74, 6) is 0.666.